The van der Waals surface area contributed by atoms with Crippen molar-refractivity contribution in [1.82, 2.24) is 30.0 Å². The summed E-state index contributed by atoms with van der Waals surface area (Å²) in [5.41, 5.74) is -0.218. The second-order valence-electron chi connectivity index (χ2n) is 9.90. The highest BCUT2D eigenvalue weighted by Gasteiger charge is 2.71. The summed E-state index contributed by atoms with van der Waals surface area (Å²) in [6.45, 7) is 8.11. The first-order valence-electron chi connectivity index (χ1n) is 11.2. The number of alkyl carbamates (subject to hydrolysis) is 1. The molecule has 3 aliphatic rings. The highest BCUT2D eigenvalue weighted by atomic mass is 16.6. The number of nitrogens with one attached hydrogen (secondary N) is 1. The maximum Gasteiger partial charge on any atom is 0.408 e. The van der Waals surface area contributed by atoms with Gasteiger partial charge in [0.1, 0.15) is 28.7 Å². The zero-order valence-corrected chi connectivity index (χ0v) is 19.3. The Morgan fingerprint density at radius 2 is 1.91 bits per heavy atom. The summed E-state index contributed by atoms with van der Waals surface area (Å²) in [6.07, 6.45) is 5.45. The van der Waals surface area contributed by atoms with Crippen LogP contribution in [0, 0.1) is 0 Å². The molecule has 0 spiro atoms. The number of pyridine rings is 2. The molecule has 9 heteroatoms. The van der Waals surface area contributed by atoms with Crippen LogP contribution in [0.4, 0.5) is 4.79 Å². The number of ether oxygens (including phenoxy) is 2. The fraction of sp³-hybridized carbons (Fsp3) is 0.458. The minimum Gasteiger partial charge on any atom is -0.492 e. The van der Waals surface area contributed by atoms with Crippen LogP contribution in [0.5, 0.6) is 5.75 Å². The average Bonchev–Trinajstić information content (AvgIpc) is 3.14. The molecule has 9 nitrogen and oxygen atoms in total. The standard InChI is InChI=1S/C24H28N6O3/c1-5-32-16-9-10-17(26-12-16)19-28-29-20(30(19)18-8-6-7-11-25-18)23-13-24(14-23,15-23)27-21(31)33-22(2,3)4/h6-12H,5,13-15H2,1-4H3,(H,27,31). The summed E-state index contributed by atoms with van der Waals surface area (Å²) in [5.74, 6) is 2.92. The Kier molecular flexibility index (Phi) is 4.88. The van der Waals surface area contributed by atoms with Crippen LogP contribution in [-0.4, -0.2) is 48.6 Å². The molecule has 33 heavy (non-hydrogen) atoms. The molecular weight excluding hydrogens is 420 g/mol. The van der Waals surface area contributed by atoms with Crippen molar-refractivity contribution in [2.75, 3.05) is 6.61 Å². The van der Waals surface area contributed by atoms with Gasteiger partial charge in [0.2, 0.25) is 0 Å². The van der Waals surface area contributed by atoms with Gasteiger partial charge in [-0.05, 0) is 71.2 Å². The number of carbonyl (C=O) groups is 1. The van der Waals surface area contributed by atoms with Crippen LogP contribution >= 0.6 is 0 Å². The lowest BCUT2D eigenvalue weighted by atomic mass is 9.39. The maximum atomic E-state index is 12.3. The largest absolute Gasteiger partial charge is 0.492 e. The van der Waals surface area contributed by atoms with E-state index in [0.717, 1.165) is 30.9 Å². The first-order chi connectivity index (χ1) is 15.7. The number of rotatable bonds is 6. The lowest BCUT2D eigenvalue weighted by Gasteiger charge is -2.69. The molecule has 0 radical (unpaired) electrons. The van der Waals surface area contributed by atoms with Gasteiger partial charge in [0, 0.05) is 17.2 Å². The van der Waals surface area contributed by atoms with E-state index in [1.54, 1.807) is 12.4 Å². The highest BCUT2D eigenvalue weighted by Crippen LogP contribution is 2.67. The van der Waals surface area contributed by atoms with Crippen molar-refractivity contribution in [3.8, 4) is 23.1 Å². The fourth-order valence-corrected chi connectivity index (χ4v) is 4.94. The first-order valence-corrected chi connectivity index (χ1v) is 11.2. The second-order valence-corrected chi connectivity index (χ2v) is 9.90. The zero-order chi connectivity index (χ0) is 23.3. The van der Waals surface area contributed by atoms with E-state index in [-0.39, 0.29) is 17.0 Å². The average molecular weight is 449 g/mol. The summed E-state index contributed by atoms with van der Waals surface area (Å²) in [4.78, 5) is 21.4. The van der Waals surface area contributed by atoms with Gasteiger partial charge >= 0.3 is 6.09 Å². The van der Waals surface area contributed by atoms with Crippen LogP contribution in [0.15, 0.2) is 42.7 Å². The molecule has 172 valence electrons. The summed E-state index contributed by atoms with van der Waals surface area (Å²) in [5, 5.41) is 12.2. The third-order valence-corrected chi connectivity index (χ3v) is 6.09. The van der Waals surface area contributed by atoms with Crippen molar-refractivity contribution < 1.29 is 14.3 Å². The van der Waals surface area contributed by atoms with E-state index in [9.17, 15) is 4.79 Å². The lowest BCUT2D eigenvalue weighted by Crippen LogP contribution is -2.77. The van der Waals surface area contributed by atoms with Crippen LogP contribution in [0.25, 0.3) is 17.3 Å². The van der Waals surface area contributed by atoms with Crippen molar-refractivity contribution in [3.63, 3.8) is 0 Å². The SMILES string of the molecule is CCOc1ccc(-c2nnc(C34CC(NC(=O)OC(C)(C)C)(C3)C4)n2-c2ccccn2)nc1. The van der Waals surface area contributed by atoms with Gasteiger partial charge in [-0.15, -0.1) is 10.2 Å². The van der Waals surface area contributed by atoms with E-state index in [1.165, 1.54) is 0 Å². The topological polar surface area (TPSA) is 104 Å². The first kappa shape index (κ1) is 21.4. The van der Waals surface area contributed by atoms with E-state index in [0.29, 0.717) is 23.9 Å². The second kappa shape index (κ2) is 7.54. The molecule has 2 bridgehead atoms. The molecule has 0 saturated heterocycles. The van der Waals surface area contributed by atoms with Gasteiger partial charge in [-0.2, -0.15) is 0 Å². The van der Waals surface area contributed by atoms with E-state index < -0.39 is 5.60 Å². The van der Waals surface area contributed by atoms with Gasteiger partial charge in [-0.1, -0.05) is 6.07 Å². The molecule has 1 amide bonds. The third-order valence-electron chi connectivity index (χ3n) is 6.09. The summed E-state index contributed by atoms with van der Waals surface area (Å²) in [7, 11) is 0. The minimum absolute atomic E-state index is 0.150. The number of hydrogen-bond donors (Lipinski definition) is 1. The van der Waals surface area contributed by atoms with Crippen molar-refractivity contribution in [1.29, 1.82) is 0 Å². The number of hydrogen-bond acceptors (Lipinski definition) is 7. The normalized spacial score (nSPS) is 23.3. The van der Waals surface area contributed by atoms with Crippen LogP contribution < -0.4 is 10.1 Å². The molecule has 6 rings (SSSR count). The summed E-state index contributed by atoms with van der Waals surface area (Å²) < 4.78 is 12.9. The van der Waals surface area contributed by atoms with Crippen molar-refractivity contribution in [2.24, 2.45) is 0 Å². The van der Waals surface area contributed by atoms with E-state index in [4.69, 9.17) is 9.47 Å². The van der Waals surface area contributed by atoms with Crippen LogP contribution in [0.1, 0.15) is 52.8 Å². The lowest BCUT2D eigenvalue weighted by molar-refractivity contribution is -0.0944. The van der Waals surface area contributed by atoms with Crippen molar-refractivity contribution in [3.05, 3.63) is 48.5 Å². The molecule has 3 heterocycles. The predicted octanol–water partition coefficient (Wildman–Crippen LogP) is 3.82. The Labute approximate surface area is 192 Å². The maximum absolute atomic E-state index is 12.3. The molecular formula is C24H28N6O3. The number of aromatic nitrogens is 5. The number of amides is 1. The summed E-state index contributed by atoms with van der Waals surface area (Å²) >= 11 is 0. The van der Waals surface area contributed by atoms with Gasteiger partial charge in [0.15, 0.2) is 5.82 Å². The van der Waals surface area contributed by atoms with Crippen LogP contribution in [0.2, 0.25) is 0 Å². The molecule has 1 N–H and O–H groups in total. The molecule has 3 fully saturated rings. The smallest absolute Gasteiger partial charge is 0.408 e. The monoisotopic (exact) mass is 448 g/mol. The Bertz CT molecular complexity index is 1150. The highest BCUT2D eigenvalue weighted by molar-refractivity contribution is 5.70. The van der Waals surface area contributed by atoms with Gasteiger partial charge < -0.3 is 14.8 Å². The third kappa shape index (κ3) is 3.81. The van der Waals surface area contributed by atoms with Gasteiger partial charge in [-0.3, -0.25) is 4.57 Å². The summed E-state index contributed by atoms with van der Waals surface area (Å²) in [6, 6.07) is 9.51. The Hall–Kier alpha value is -3.49. The van der Waals surface area contributed by atoms with Crippen LogP contribution in [-0.2, 0) is 10.2 Å². The van der Waals surface area contributed by atoms with Gasteiger partial charge in [-0.25, -0.2) is 14.8 Å². The Balaban J connectivity index is 1.43. The quantitative estimate of drug-likeness (QED) is 0.611. The van der Waals surface area contributed by atoms with Crippen molar-refractivity contribution >= 4 is 6.09 Å². The Morgan fingerprint density at radius 3 is 2.52 bits per heavy atom. The predicted molar refractivity (Wildman–Crippen MR) is 121 cm³/mol. The fourth-order valence-electron chi connectivity index (χ4n) is 4.94. The van der Waals surface area contributed by atoms with Crippen LogP contribution in [0.3, 0.4) is 0 Å². The molecule has 0 aromatic carbocycles. The van der Waals surface area contributed by atoms with E-state index in [2.05, 4.69) is 25.5 Å². The molecule has 3 aromatic heterocycles. The van der Waals surface area contributed by atoms with E-state index in [1.807, 2.05) is 62.6 Å². The molecule has 0 aliphatic heterocycles. The van der Waals surface area contributed by atoms with Crippen molar-refractivity contribution in [2.45, 2.75) is 63.5 Å². The molecule has 0 atom stereocenters. The van der Waals surface area contributed by atoms with Gasteiger partial charge in [0.05, 0.1) is 12.8 Å². The number of carbonyl (C=O) groups excluding carboxylic acids is 1. The molecule has 3 saturated carbocycles. The van der Waals surface area contributed by atoms with E-state index >= 15 is 0 Å². The Morgan fingerprint density at radius 1 is 1.12 bits per heavy atom. The molecule has 0 unspecified atom stereocenters. The molecule has 3 aliphatic carbocycles. The zero-order valence-electron chi connectivity index (χ0n) is 19.3. The molecule has 3 aromatic rings. The minimum atomic E-state index is -0.524. The number of nitrogens with zero attached hydrogens (tertiary/aromatic N) is 5. The van der Waals surface area contributed by atoms with Gasteiger partial charge in [0.25, 0.3) is 0 Å².